The van der Waals surface area contributed by atoms with Crippen LogP contribution in [0.3, 0.4) is 0 Å². The highest BCUT2D eigenvalue weighted by Crippen LogP contribution is 2.27. The molecule has 0 atom stereocenters. The largest absolute Gasteiger partial charge is 0.379 e. The van der Waals surface area contributed by atoms with Crippen molar-refractivity contribution in [1.29, 1.82) is 0 Å². The summed E-state index contributed by atoms with van der Waals surface area (Å²) in [6.07, 6.45) is 1.47. The van der Waals surface area contributed by atoms with Crippen molar-refractivity contribution < 1.29 is 27.5 Å². The third-order valence-corrected chi connectivity index (χ3v) is 7.25. The van der Waals surface area contributed by atoms with Crippen LogP contribution in [0.5, 0.6) is 0 Å². The summed E-state index contributed by atoms with van der Waals surface area (Å²) in [6.45, 7) is 3.21. The molecule has 176 valence electrons. The Morgan fingerprint density at radius 2 is 1.55 bits per heavy atom. The maximum Gasteiger partial charge on any atom is 0.288 e. The van der Waals surface area contributed by atoms with Crippen LogP contribution in [0.25, 0.3) is 0 Å². The number of morpholine rings is 2. The van der Waals surface area contributed by atoms with E-state index in [1.165, 1.54) is 28.7 Å². The summed E-state index contributed by atoms with van der Waals surface area (Å²) in [7, 11) is -3.81. The lowest BCUT2D eigenvalue weighted by molar-refractivity contribution is 0.0730. The van der Waals surface area contributed by atoms with Crippen molar-refractivity contribution in [1.82, 2.24) is 20.1 Å². The van der Waals surface area contributed by atoms with Gasteiger partial charge in [-0.05, 0) is 30.3 Å². The number of nitrogens with zero attached hydrogens (tertiary/aromatic N) is 3. The van der Waals surface area contributed by atoms with Crippen molar-refractivity contribution >= 4 is 27.5 Å². The minimum atomic E-state index is -3.81. The molecule has 0 spiro atoms. The van der Waals surface area contributed by atoms with E-state index in [0.717, 1.165) is 0 Å². The van der Waals surface area contributed by atoms with E-state index >= 15 is 0 Å². The lowest BCUT2D eigenvalue weighted by atomic mass is 10.1. The fraction of sp³-hybridized carbons (Fsp3) is 0.381. The highest BCUT2D eigenvalue weighted by atomic mass is 32.2. The first-order valence-corrected chi connectivity index (χ1v) is 12.0. The Morgan fingerprint density at radius 1 is 0.879 bits per heavy atom. The summed E-state index contributed by atoms with van der Waals surface area (Å²) in [6, 6.07) is 9.30. The van der Waals surface area contributed by atoms with Crippen molar-refractivity contribution in [3.8, 4) is 0 Å². The van der Waals surface area contributed by atoms with Gasteiger partial charge in [0, 0.05) is 38.1 Å². The zero-order valence-corrected chi connectivity index (χ0v) is 18.7. The molecule has 0 saturated carbocycles. The number of hydrazine groups is 1. The molecule has 2 aromatic rings. The van der Waals surface area contributed by atoms with E-state index in [2.05, 4.69) is 15.8 Å². The minimum absolute atomic E-state index is 0.00242. The van der Waals surface area contributed by atoms with Crippen LogP contribution >= 0.6 is 0 Å². The number of hydrogen-bond acceptors (Lipinski definition) is 8. The molecule has 1 aromatic heterocycles. The van der Waals surface area contributed by atoms with E-state index < -0.39 is 21.8 Å². The van der Waals surface area contributed by atoms with Crippen LogP contribution in [0.2, 0.25) is 0 Å². The molecule has 2 N–H and O–H groups in total. The van der Waals surface area contributed by atoms with Gasteiger partial charge in [-0.2, -0.15) is 4.31 Å². The standard InChI is InChI=1S/C21H25N5O6S/c27-20(23-24-21(28)18-3-1-2-6-22-18)17-15-16(33(29,30)26-9-13-32-14-10-26)4-5-19(17)25-7-11-31-12-8-25/h1-6,15H,7-14H2,(H,23,27)(H,24,28). The van der Waals surface area contributed by atoms with Crippen LogP contribution in [0.1, 0.15) is 20.8 Å². The van der Waals surface area contributed by atoms with E-state index in [0.29, 0.717) is 45.2 Å². The summed E-state index contributed by atoms with van der Waals surface area (Å²) < 4.78 is 38.2. The van der Waals surface area contributed by atoms with Gasteiger partial charge in [0.15, 0.2) is 0 Å². The average molecular weight is 476 g/mol. The predicted octanol–water partition coefficient (Wildman–Crippen LogP) is 0.0139. The van der Waals surface area contributed by atoms with Gasteiger partial charge < -0.3 is 14.4 Å². The smallest absolute Gasteiger partial charge is 0.288 e. The number of carbonyl (C=O) groups is 2. The number of sulfonamides is 1. The van der Waals surface area contributed by atoms with Gasteiger partial charge in [0.05, 0.1) is 36.9 Å². The number of aromatic nitrogens is 1. The Kier molecular flexibility index (Phi) is 7.18. The number of ether oxygens (including phenoxy) is 2. The number of carbonyl (C=O) groups excluding carboxylic acids is 2. The zero-order valence-electron chi connectivity index (χ0n) is 17.9. The average Bonchev–Trinajstić information content (AvgIpc) is 2.88. The van der Waals surface area contributed by atoms with E-state index in [-0.39, 0.29) is 29.2 Å². The first kappa shape index (κ1) is 23.1. The summed E-state index contributed by atoms with van der Waals surface area (Å²) in [5, 5.41) is 0. The van der Waals surface area contributed by atoms with Crippen LogP contribution < -0.4 is 15.8 Å². The minimum Gasteiger partial charge on any atom is -0.379 e. The van der Waals surface area contributed by atoms with Crippen LogP contribution in [-0.2, 0) is 19.5 Å². The van der Waals surface area contributed by atoms with Gasteiger partial charge in [0.25, 0.3) is 11.8 Å². The third-order valence-electron chi connectivity index (χ3n) is 5.36. The maximum absolute atomic E-state index is 13.1. The topological polar surface area (TPSA) is 130 Å². The van der Waals surface area contributed by atoms with Gasteiger partial charge in [0.2, 0.25) is 10.0 Å². The molecule has 2 aliphatic rings. The van der Waals surface area contributed by atoms with Gasteiger partial charge in [0.1, 0.15) is 5.69 Å². The van der Waals surface area contributed by atoms with Crippen molar-refractivity contribution in [2.45, 2.75) is 4.90 Å². The molecular weight excluding hydrogens is 450 g/mol. The second-order valence-electron chi connectivity index (χ2n) is 7.42. The van der Waals surface area contributed by atoms with Crippen molar-refractivity contribution in [2.75, 3.05) is 57.5 Å². The molecule has 2 fully saturated rings. The number of rotatable bonds is 5. The molecule has 3 heterocycles. The highest BCUT2D eigenvalue weighted by molar-refractivity contribution is 7.89. The summed E-state index contributed by atoms with van der Waals surface area (Å²) in [5.74, 6) is -1.23. The molecule has 11 nitrogen and oxygen atoms in total. The van der Waals surface area contributed by atoms with Crippen molar-refractivity contribution in [2.24, 2.45) is 0 Å². The van der Waals surface area contributed by atoms with E-state index in [1.54, 1.807) is 18.2 Å². The molecule has 33 heavy (non-hydrogen) atoms. The maximum atomic E-state index is 13.1. The first-order valence-electron chi connectivity index (χ1n) is 10.5. The molecule has 2 saturated heterocycles. The molecule has 2 aliphatic heterocycles. The van der Waals surface area contributed by atoms with Gasteiger partial charge in [-0.15, -0.1) is 0 Å². The number of hydrogen-bond donors (Lipinski definition) is 2. The Hall–Kier alpha value is -3.06. The fourth-order valence-corrected chi connectivity index (χ4v) is 5.05. The first-order chi connectivity index (χ1) is 16.0. The molecule has 4 rings (SSSR count). The van der Waals surface area contributed by atoms with Crippen molar-refractivity contribution in [3.63, 3.8) is 0 Å². The second kappa shape index (κ2) is 10.3. The number of nitrogens with one attached hydrogen (secondary N) is 2. The van der Waals surface area contributed by atoms with Crippen LogP contribution in [0.15, 0.2) is 47.5 Å². The molecule has 0 bridgehead atoms. The van der Waals surface area contributed by atoms with Gasteiger partial charge in [-0.3, -0.25) is 25.4 Å². The summed E-state index contributed by atoms with van der Waals surface area (Å²) >= 11 is 0. The SMILES string of the molecule is O=C(NNC(=O)c1cc(S(=O)(=O)N2CCOCC2)ccc1N1CCOCC1)c1ccccn1. The third kappa shape index (κ3) is 5.30. The van der Waals surface area contributed by atoms with Gasteiger partial charge in [-0.25, -0.2) is 8.42 Å². The highest BCUT2D eigenvalue weighted by Gasteiger charge is 2.29. The Morgan fingerprint density at radius 3 is 2.21 bits per heavy atom. The normalized spacial score (nSPS) is 17.4. The summed E-state index contributed by atoms with van der Waals surface area (Å²) in [5.41, 5.74) is 5.52. The molecule has 12 heteroatoms. The van der Waals surface area contributed by atoms with Crippen LogP contribution in [-0.4, -0.2) is 82.1 Å². The molecule has 0 unspecified atom stereocenters. The quantitative estimate of drug-likeness (QED) is 0.579. The molecule has 0 radical (unpaired) electrons. The number of anilines is 1. The number of benzene rings is 1. The van der Waals surface area contributed by atoms with Gasteiger partial charge in [-0.1, -0.05) is 6.07 Å². The van der Waals surface area contributed by atoms with Crippen molar-refractivity contribution in [3.05, 3.63) is 53.9 Å². The van der Waals surface area contributed by atoms with Gasteiger partial charge >= 0.3 is 0 Å². The zero-order chi connectivity index (χ0) is 23.3. The molecule has 1 aromatic carbocycles. The van der Waals surface area contributed by atoms with E-state index in [1.807, 2.05) is 4.90 Å². The Bertz CT molecular complexity index is 1100. The van der Waals surface area contributed by atoms with Crippen LogP contribution in [0.4, 0.5) is 5.69 Å². The lowest BCUT2D eigenvalue weighted by Crippen LogP contribution is -2.44. The number of amides is 2. The second-order valence-corrected chi connectivity index (χ2v) is 9.36. The lowest BCUT2D eigenvalue weighted by Gasteiger charge is -2.31. The number of pyridine rings is 1. The predicted molar refractivity (Wildman–Crippen MR) is 118 cm³/mol. The molecule has 2 amide bonds. The van der Waals surface area contributed by atoms with E-state index in [4.69, 9.17) is 9.47 Å². The molecule has 0 aliphatic carbocycles. The Balaban J connectivity index is 1.60. The Labute approximate surface area is 191 Å². The van der Waals surface area contributed by atoms with E-state index in [9.17, 15) is 18.0 Å². The monoisotopic (exact) mass is 475 g/mol. The molecular formula is C21H25N5O6S. The summed E-state index contributed by atoms with van der Waals surface area (Å²) in [4.78, 5) is 31.2. The fourth-order valence-electron chi connectivity index (χ4n) is 3.62. The van der Waals surface area contributed by atoms with Crippen LogP contribution in [0, 0.1) is 0 Å².